The molecule has 0 aromatic heterocycles. The normalized spacial score (nSPS) is 10.9. The Kier molecular flexibility index (Phi) is 8.60. The summed E-state index contributed by atoms with van der Waals surface area (Å²) in [6.07, 6.45) is 1.90. The summed E-state index contributed by atoms with van der Waals surface area (Å²) < 4.78 is 25.6. The molecule has 0 aliphatic carbocycles. The van der Waals surface area contributed by atoms with Crippen LogP contribution in [0.4, 0.5) is 5.69 Å². The summed E-state index contributed by atoms with van der Waals surface area (Å²) >= 11 is 1.50. The van der Waals surface area contributed by atoms with Crippen molar-refractivity contribution in [2.24, 2.45) is 0 Å². The summed E-state index contributed by atoms with van der Waals surface area (Å²) in [6, 6.07) is 12.6. The summed E-state index contributed by atoms with van der Waals surface area (Å²) in [5.74, 6) is -1.34. The van der Waals surface area contributed by atoms with E-state index in [4.69, 9.17) is 0 Å². The topological polar surface area (TPSA) is 125 Å². The van der Waals surface area contributed by atoms with Crippen LogP contribution in [-0.2, 0) is 19.6 Å². The smallest absolute Gasteiger partial charge is 0.251 e. The third-order valence-corrected chi connectivity index (χ3v) is 6.51. The van der Waals surface area contributed by atoms with Gasteiger partial charge in [0.05, 0.1) is 23.7 Å². The van der Waals surface area contributed by atoms with Gasteiger partial charge in [-0.15, -0.1) is 11.8 Å². The number of carbonyl (C=O) groups excluding carboxylic acids is 3. The fourth-order valence-electron chi connectivity index (χ4n) is 2.54. The number of hydrogen-bond donors (Lipinski definition) is 3. The third kappa shape index (κ3) is 6.81. The van der Waals surface area contributed by atoms with E-state index in [0.717, 1.165) is 4.90 Å². The standard InChI is InChI=1S/C20H24N4O5S2/c1-21-31(28,29)15-10-8-14(9-11-15)20(27)22-12-19(26)24(2)13-18(25)23-16-6-4-5-7-17(16)30-3/h4-11,21H,12-13H2,1-3H3,(H,22,27)(H,23,25). The van der Waals surface area contributed by atoms with Crippen molar-refractivity contribution in [3.05, 3.63) is 54.1 Å². The van der Waals surface area contributed by atoms with Crippen LogP contribution in [0.1, 0.15) is 10.4 Å². The zero-order chi connectivity index (χ0) is 23.0. The zero-order valence-corrected chi connectivity index (χ0v) is 19.0. The molecule has 31 heavy (non-hydrogen) atoms. The number of sulfonamides is 1. The van der Waals surface area contributed by atoms with E-state index in [1.165, 1.54) is 55.0 Å². The maximum Gasteiger partial charge on any atom is 0.251 e. The van der Waals surface area contributed by atoms with Crippen LogP contribution in [0.3, 0.4) is 0 Å². The largest absolute Gasteiger partial charge is 0.343 e. The molecule has 2 aromatic carbocycles. The summed E-state index contributed by atoms with van der Waals surface area (Å²) in [5, 5.41) is 5.23. The minimum Gasteiger partial charge on any atom is -0.343 e. The average Bonchev–Trinajstić information content (AvgIpc) is 2.77. The van der Waals surface area contributed by atoms with Gasteiger partial charge in [0, 0.05) is 17.5 Å². The van der Waals surface area contributed by atoms with E-state index in [9.17, 15) is 22.8 Å². The van der Waals surface area contributed by atoms with Crippen LogP contribution in [0, 0.1) is 0 Å². The SMILES string of the molecule is CNS(=O)(=O)c1ccc(C(=O)NCC(=O)N(C)CC(=O)Nc2ccccc2SC)cc1. The van der Waals surface area contributed by atoms with Gasteiger partial charge in [0.2, 0.25) is 21.8 Å². The van der Waals surface area contributed by atoms with Crippen molar-refractivity contribution in [1.29, 1.82) is 0 Å². The molecule has 0 heterocycles. The number of amides is 3. The van der Waals surface area contributed by atoms with Gasteiger partial charge in [-0.1, -0.05) is 12.1 Å². The van der Waals surface area contributed by atoms with Crippen LogP contribution in [0.15, 0.2) is 58.3 Å². The number of nitrogens with one attached hydrogen (secondary N) is 3. The van der Waals surface area contributed by atoms with Gasteiger partial charge in [-0.25, -0.2) is 13.1 Å². The fraction of sp³-hybridized carbons (Fsp3) is 0.250. The Morgan fingerprint density at radius 2 is 1.68 bits per heavy atom. The maximum atomic E-state index is 12.3. The summed E-state index contributed by atoms with van der Waals surface area (Å²) in [6.45, 7) is -0.478. The first-order valence-electron chi connectivity index (χ1n) is 9.16. The predicted molar refractivity (Wildman–Crippen MR) is 120 cm³/mol. The number of hydrogen-bond acceptors (Lipinski definition) is 6. The summed E-state index contributed by atoms with van der Waals surface area (Å²) in [7, 11) is -0.842. The Balaban J connectivity index is 1.87. The van der Waals surface area contributed by atoms with Crippen molar-refractivity contribution in [3.63, 3.8) is 0 Å². The molecule has 0 aliphatic heterocycles. The summed E-state index contributed by atoms with van der Waals surface area (Å²) in [5.41, 5.74) is 0.870. The average molecular weight is 465 g/mol. The second-order valence-corrected chi connectivity index (χ2v) is 9.15. The Labute approximate surface area is 185 Å². The van der Waals surface area contributed by atoms with Crippen LogP contribution >= 0.6 is 11.8 Å². The molecule has 0 aliphatic rings. The Morgan fingerprint density at radius 3 is 2.29 bits per heavy atom. The minimum absolute atomic E-state index is 0.0245. The molecule has 11 heteroatoms. The molecule has 0 bridgehead atoms. The molecular weight excluding hydrogens is 440 g/mol. The summed E-state index contributed by atoms with van der Waals surface area (Å²) in [4.78, 5) is 38.8. The minimum atomic E-state index is -3.60. The van der Waals surface area contributed by atoms with Crippen LogP contribution in [0.25, 0.3) is 0 Å². The van der Waals surface area contributed by atoms with E-state index in [1.807, 2.05) is 18.4 Å². The number of benzene rings is 2. The zero-order valence-electron chi connectivity index (χ0n) is 17.3. The molecule has 0 fully saturated rings. The van der Waals surface area contributed by atoms with Gasteiger partial charge < -0.3 is 15.5 Å². The molecule has 0 saturated heterocycles. The van der Waals surface area contributed by atoms with Crippen molar-refractivity contribution in [2.75, 3.05) is 38.8 Å². The number of thioether (sulfide) groups is 1. The first kappa shape index (κ1) is 24.4. The molecule has 0 atom stereocenters. The molecule has 3 N–H and O–H groups in total. The first-order valence-corrected chi connectivity index (χ1v) is 11.9. The fourth-order valence-corrected chi connectivity index (χ4v) is 3.82. The maximum absolute atomic E-state index is 12.3. The Morgan fingerprint density at radius 1 is 1.03 bits per heavy atom. The molecule has 0 unspecified atom stereocenters. The van der Waals surface area contributed by atoms with Crippen molar-refractivity contribution < 1.29 is 22.8 Å². The van der Waals surface area contributed by atoms with Crippen LogP contribution in [0.5, 0.6) is 0 Å². The number of likely N-dealkylation sites (N-methyl/N-ethyl adjacent to an activating group) is 1. The number of carbonyl (C=O) groups is 3. The highest BCUT2D eigenvalue weighted by atomic mass is 32.2. The van der Waals surface area contributed by atoms with Crippen molar-refractivity contribution in [2.45, 2.75) is 9.79 Å². The van der Waals surface area contributed by atoms with E-state index < -0.39 is 21.8 Å². The molecule has 3 amide bonds. The van der Waals surface area contributed by atoms with E-state index in [2.05, 4.69) is 15.4 Å². The second-order valence-electron chi connectivity index (χ2n) is 6.41. The third-order valence-electron chi connectivity index (χ3n) is 4.28. The molecular formula is C20H24N4O5S2. The van der Waals surface area contributed by atoms with E-state index in [0.29, 0.717) is 5.69 Å². The van der Waals surface area contributed by atoms with Crippen molar-refractivity contribution in [3.8, 4) is 0 Å². The van der Waals surface area contributed by atoms with Gasteiger partial charge in [-0.3, -0.25) is 14.4 Å². The monoisotopic (exact) mass is 464 g/mol. The molecule has 2 aromatic rings. The first-order chi connectivity index (χ1) is 14.7. The molecule has 2 rings (SSSR count). The lowest BCUT2D eigenvalue weighted by atomic mass is 10.2. The van der Waals surface area contributed by atoms with Gasteiger partial charge in [0.1, 0.15) is 0 Å². The van der Waals surface area contributed by atoms with E-state index in [1.54, 1.807) is 12.1 Å². The molecule has 0 saturated carbocycles. The second kappa shape index (κ2) is 10.9. The molecule has 0 spiro atoms. The van der Waals surface area contributed by atoms with E-state index >= 15 is 0 Å². The Hall–Kier alpha value is -2.89. The van der Waals surface area contributed by atoms with Gasteiger partial charge in [0.25, 0.3) is 5.91 Å². The lowest BCUT2D eigenvalue weighted by Crippen LogP contribution is -2.41. The van der Waals surface area contributed by atoms with Crippen LogP contribution in [-0.4, -0.2) is 64.5 Å². The molecule has 9 nitrogen and oxygen atoms in total. The lowest BCUT2D eigenvalue weighted by molar-refractivity contribution is -0.132. The van der Waals surface area contributed by atoms with E-state index in [-0.39, 0.29) is 29.5 Å². The number of rotatable bonds is 9. The highest BCUT2D eigenvalue weighted by molar-refractivity contribution is 7.98. The number of anilines is 1. The van der Waals surface area contributed by atoms with Crippen molar-refractivity contribution in [1.82, 2.24) is 14.9 Å². The van der Waals surface area contributed by atoms with Crippen LogP contribution < -0.4 is 15.4 Å². The Bertz CT molecular complexity index is 1060. The quantitative estimate of drug-likeness (QED) is 0.478. The van der Waals surface area contributed by atoms with Gasteiger partial charge in [-0.05, 0) is 49.7 Å². The van der Waals surface area contributed by atoms with Gasteiger partial charge in [-0.2, -0.15) is 0 Å². The predicted octanol–water partition coefficient (Wildman–Crippen LogP) is 1.14. The number of para-hydroxylation sites is 1. The van der Waals surface area contributed by atoms with Crippen LogP contribution in [0.2, 0.25) is 0 Å². The van der Waals surface area contributed by atoms with Gasteiger partial charge >= 0.3 is 0 Å². The molecule has 166 valence electrons. The number of nitrogens with zero attached hydrogens (tertiary/aromatic N) is 1. The molecule has 0 radical (unpaired) electrons. The highest BCUT2D eigenvalue weighted by Crippen LogP contribution is 2.24. The van der Waals surface area contributed by atoms with Crippen molar-refractivity contribution >= 4 is 45.2 Å². The lowest BCUT2D eigenvalue weighted by Gasteiger charge is -2.18. The van der Waals surface area contributed by atoms with Gasteiger partial charge in [0.15, 0.2) is 0 Å². The highest BCUT2D eigenvalue weighted by Gasteiger charge is 2.16.